The smallest absolute Gasteiger partial charge is 0.269 e. The number of nitrogens with zero attached hydrogens (tertiary/aromatic N) is 3. The van der Waals surface area contributed by atoms with E-state index in [4.69, 9.17) is 16.7 Å². The number of benzene rings is 2. The summed E-state index contributed by atoms with van der Waals surface area (Å²) in [5, 5.41) is 20.1. The number of nitro benzene ring substituents is 1. The normalized spacial score (nSPS) is 13.8. The van der Waals surface area contributed by atoms with E-state index in [0.717, 1.165) is 42.8 Å². The van der Waals surface area contributed by atoms with Crippen molar-refractivity contribution in [3.8, 4) is 11.3 Å². The minimum atomic E-state index is -0.365. The molecule has 1 aliphatic rings. The first-order valence-corrected chi connectivity index (χ1v) is 9.28. The molecule has 0 saturated heterocycles. The minimum absolute atomic E-state index is 0.102. The van der Waals surface area contributed by atoms with Gasteiger partial charge in [0.2, 0.25) is 0 Å². The molecule has 4 rings (SSSR count). The van der Waals surface area contributed by atoms with Gasteiger partial charge in [-0.15, -0.1) is 0 Å². The molecule has 2 aromatic carbocycles. The topological polar surface area (TPSA) is 73.0 Å². The number of hydrogen-bond acceptors (Lipinski definition) is 4. The Labute approximate surface area is 161 Å². The second-order valence-electron chi connectivity index (χ2n) is 6.62. The zero-order chi connectivity index (χ0) is 18.8. The van der Waals surface area contributed by atoms with Crippen LogP contribution in [-0.2, 0) is 19.4 Å². The molecule has 138 valence electrons. The number of nitro groups is 1. The van der Waals surface area contributed by atoms with Crippen molar-refractivity contribution in [2.24, 2.45) is 0 Å². The zero-order valence-corrected chi connectivity index (χ0v) is 15.4. The first-order valence-electron chi connectivity index (χ1n) is 8.90. The summed E-state index contributed by atoms with van der Waals surface area (Å²) in [4.78, 5) is 10.7. The fourth-order valence-corrected chi connectivity index (χ4v) is 3.66. The van der Waals surface area contributed by atoms with Crippen molar-refractivity contribution in [1.82, 2.24) is 15.1 Å². The maximum Gasteiger partial charge on any atom is 0.269 e. The average molecular weight is 383 g/mol. The van der Waals surface area contributed by atoms with Crippen LogP contribution < -0.4 is 5.32 Å². The molecule has 0 amide bonds. The molecule has 0 unspecified atom stereocenters. The number of non-ortho nitro benzene ring substituents is 1. The van der Waals surface area contributed by atoms with Crippen LogP contribution in [0.3, 0.4) is 0 Å². The summed E-state index contributed by atoms with van der Waals surface area (Å²) >= 11 is 6.03. The highest BCUT2D eigenvalue weighted by molar-refractivity contribution is 6.30. The van der Waals surface area contributed by atoms with Gasteiger partial charge >= 0.3 is 0 Å². The molecule has 27 heavy (non-hydrogen) atoms. The van der Waals surface area contributed by atoms with E-state index in [1.807, 2.05) is 35.0 Å². The lowest BCUT2D eigenvalue weighted by atomic mass is 10.0. The number of rotatable bonds is 4. The molecule has 0 atom stereocenters. The van der Waals surface area contributed by atoms with Crippen LogP contribution >= 0.6 is 11.6 Å². The van der Waals surface area contributed by atoms with Crippen molar-refractivity contribution in [1.29, 1.82) is 0 Å². The van der Waals surface area contributed by atoms with Crippen molar-refractivity contribution in [3.05, 3.63) is 80.5 Å². The van der Waals surface area contributed by atoms with Crippen LogP contribution in [0.4, 0.5) is 5.69 Å². The second-order valence-corrected chi connectivity index (χ2v) is 7.05. The van der Waals surface area contributed by atoms with Gasteiger partial charge in [0.1, 0.15) is 0 Å². The molecule has 0 saturated carbocycles. The van der Waals surface area contributed by atoms with E-state index in [2.05, 4.69) is 5.32 Å². The highest BCUT2D eigenvalue weighted by Gasteiger charge is 2.21. The van der Waals surface area contributed by atoms with Gasteiger partial charge in [-0.05, 0) is 30.7 Å². The minimum Gasteiger partial charge on any atom is -0.316 e. The van der Waals surface area contributed by atoms with Crippen LogP contribution in [0.1, 0.15) is 16.8 Å². The lowest BCUT2D eigenvalue weighted by Gasteiger charge is -2.07. The number of halogens is 1. The summed E-state index contributed by atoms with van der Waals surface area (Å²) in [5.74, 6) is 0. The first kappa shape index (κ1) is 17.7. The van der Waals surface area contributed by atoms with Crippen LogP contribution in [0.25, 0.3) is 11.3 Å². The predicted molar refractivity (Wildman–Crippen MR) is 105 cm³/mol. The number of hydrogen-bond donors (Lipinski definition) is 1. The number of aromatic nitrogens is 2. The summed E-state index contributed by atoms with van der Waals surface area (Å²) in [5.41, 5.74) is 5.41. The third-order valence-corrected chi connectivity index (χ3v) is 5.08. The lowest BCUT2D eigenvalue weighted by Crippen LogP contribution is -2.17. The molecule has 7 heteroatoms. The van der Waals surface area contributed by atoms with Crippen LogP contribution in [0.15, 0.2) is 48.5 Å². The molecule has 1 N–H and O–H groups in total. The Bertz CT molecular complexity index is 982. The van der Waals surface area contributed by atoms with Gasteiger partial charge in [-0.3, -0.25) is 14.8 Å². The third kappa shape index (κ3) is 3.72. The van der Waals surface area contributed by atoms with Gasteiger partial charge in [0.25, 0.3) is 5.69 Å². The Kier molecular flexibility index (Phi) is 4.92. The van der Waals surface area contributed by atoms with Crippen molar-refractivity contribution >= 4 is 17.3 Å². The molecular weight excluding hydrogens is 364 g/mol. The summed E-state index contributed by atoms with van der Waals surface area (Å²) in [6.07, 6.45) is 1.78. The van der Waals surface area contributed by atoms with Crippen molar-refractivity contribution in [2.75, 3.05) is 13.1 Å². The fourth-order valence-electron chi connectivity index (χ4n) is 3.53. The summed E-state index contributed by atoms with van der Waals surface area (Å²) in [7, 11) is 0. The highest BCUT2D eigenvalue weighted by atomic mass is 35.5. The molecule has 6 nitrogen and oxygen atoms in total. The van der Waals surface area contributed by atoms with E-state index in [1.165, 1.54) is 17.3 Å². The van der Waals surface area contributed by atoms with Gasteiger partial charge in [-0.1, -0.05) is 35.9 Å². The van der Waals surface area contributed by atoms with Crippen LogP contribution in [0, 0.1) is 10.1 Å². The molecule has 3 aromatic rings. The lowest BCUT2D eigenvalue weighted by molar-refractivity contribution is -0.384. The van der Waals surface area contributed by atoms with E-state index >= 15 is 0 Å². The molecule has 0 spiro atoms. The first-order chi connectivity index (χ1) is 13.1. The standard InChI is InChI=1S/C20H19ClN4O2/c21-16-6-4-15(5-7-16)20-18-8-10-22-11-9-19(18)24(23-20)13-14-2-1-3-17(12-14)25(26)27/h1-7,12,22H,8-11,13H2. The molecule has 0 fully saturated rings. The SMILES string of the molecule is O=[N+]([O-])c1cccc(Cn2nc(-c3ccc(Cl)cc3)c3c2CCNCC3)c1. The summed E-state index contributed by atoms with van der Waals surface area (Å²) < 4.78 is 1.99. The monoisotopic (exact) mass is 382 g/mol. The summed E-state index contributed by atoms with van der Waals surface area (Å²) in [6, 6.07) is 14.5. The van der Waals surface area contributed by atoms with E-state index in [0.29, 0.717) is 11.6 Å². The van der Waals surface area contributed by atoms with Crippen molar-refractivity contribution in [3.63, 3.8) is 0 Å². The zero-order valence-electron chi connectivity index (χ0n) is 14.7. The Hall–Kier alpha value is -2.70. The highest BCUT2D eigenvalue weighted by Crippen LogP contribution is 2.29. The van der Waals surface area contributed by atoms with Crippen LogP contribution in [-0.4, -0.2) is 27.8 Å². The molecule has 1 aliphatic heterocycles. The van der Waals surface area contributed by atoms with Gasteiger partial charge in [-0.2, -0.15) is 5.10 Å². The molecule has 0 radical (unpaired) electrons. The van der Waals surface area contributed by atoms with E-state index in [1.54, 1.807) is 12.1 Å². The fraction of sp³-hybridized carbons (Fsp3) is 0.250. The number of fused-ring (bicyclic) bond motifs is 1. The van der Waals surface area contributed by atoms with Crippen LogP contribution in [0.2, 0.25) is 5.02 Å². The third-order valence-electron chi connectivity index (χ3n) is 4.83. The molecule has 0 bridgehead atoms. The van der Waals surface area contributed by atoms with Crippen LogP contribution in [0.5, 0.6) is 0 Å². The quantitative estimate of drug-likeness (QED) is 0.549. The average Bonchev–Trinajstić information content (AvgIpc) is 2.84. The predicted octanol–water partition coefficient (Wildman–Crippen LogP) is 3.85. The molecular formula is C20H19ClN4O2. The van der Waals surface area contributed by atoms with Gasteiger partial charge in [0.15, 0.2) is 0 Å². The Morgan fingerprint density at radius 3 is 2.70 bits per heavy atom. The Balaban J connectivity index is 1.75. The van der Waals surface area contributed by atoms with Gasteiger partial charge < -0.3 is 5.32 Å². The van der Waals surface area contributed by atoms with Crippen molar-refractivity contribution < 1.29 is 4.92 Å². The largest absolute Gasteiger partial charge is 0.316 e. The number of nitrogens with one attached hydrogen (secondary N) is 1. The van der Waals surface area contributed by atoms with E-state index < -0.39 is 0 Å². The van der Waals surface area contributed by atoms with E-state index in [-0.39, 0.29) is 10.6 Å². The Morgan fingerprint density at radius 1 is 1.15 bits per heavy atom. The Morgan fingerprint density at radius 2 is 1.93 bits per heavy atom. The molecule has 1 aromatic heterocycles. The van der Waals surface area contributed by atoms with Gasteiger partial charge in [0.05, 0.1) is 17.2 Å². The maximum atomic E-state index is 11.1. The maximum absolute atomic E-state index is 11.1. The van der Waals surface area contributed by atoms with E-state index in [9.17, 15) is 10.1 Å². The van der Waals surface area contributed by atoms with Crippen molar-refractivity contribution in [2.45, 2.75) is 19.4 Å². The summed E-state index contributed by atoms with van der Waals surface area (Å²) in [6.45, 7) is 2.32. The molecule has 0 aliphatic carbocycles. The van der Waals surface area contributed by atoms with Gasteiger partial charge in [-0.25, -0.2) is 0 Å². The van der Waals surface area contributed by atoms with Gasteiger partial charge in [0, 0.05) is 46.9 Å². The second kappa shape index (κ2) is 7.50. The molecule has 2 heterocycles.